The van der Waals surface area contributed by atoms with E-state index >= 15 is 0 Å². The Labute approximate surface area is 154 Å². The molecule has 0 spiro atoms. The highest BCUT2D eigenvalue weighted by atomic mass is 19.1. The van der Waals surface area contributed by atoms with Crippen molar-refractivity contribution >= 4 is 5.97 Å². The molecular weight excluding hydrogens is 333 g/mol. The molecule has 0 saturated carbocycles. The van der Waals surface area contributed by atoms with E-state index in [0.29, 0.717) is 0 Å². The summed E-state index contributed by atoms with van der Waals surface area (Å²) in [6, 6.07) is 19.7. The van der Waals surface area contributed by atoms with Gasteiger partial charge in [0.15, 0.2) is 0 Å². The summed E-state index contributed by atoms with van der Waals surface area (Å²) in [5.74, 6) is -0.481. The number of halogens is 1. The number of nitrogens with one attached hydrogen (secondary N) is 1. The molecule has 2 aromatic rings. The minimum absolute atomic E-state index is 0.110. The Morgan fingerprint density at radius 1 is 1.04 bits per heavy atom. The van der Waals surface area contributed by atoms with Crippen LogP contribution in [0.4, 0.5) is 4.39 Å². The van der Waals surface area contributed by atoms with Gasteiger partial charge in [-0.2, -0.15) is 0 Å². The molecule has 0 heterocycles. The molecule has 0 saturated heterocycles. The molecular formula is C21H26FNO3. The highest BCUT2D eigenvalue weighted by Gasteiger charge is 2.21. The van der Waals surface area contributed by atoms with Crippen LogP contribution >= 0.6 is 0 Å². The normalized spacial score (nSPS) is 13.4. The van der Waals surface area contributed by atoms with Gasteiger partial charge >= 0.3 is 5.97 Å². The molecule has 5 heteroatoms. The molecule has 2 atom stereocenters. The predicted molar refractivity (Wildman–Crippen MR) is 99.7 cm³/mol. The van der Waals surface area contributed by atoms with E-state index in [1.165, 1.54) is 0 Å². The average molecular weight is 359 g/mol. The lowest BCUT2D eigenvalue weighted by atomic mass is 9.98. The number of hydrogen-bond acceptors (Lipinski definition) is 4. The van der Waals surface area contributed by atoms with Gasteiger partial charge in [-0.25, -0.2) is 9.18 Å². The number of carbonyl (C=O) groups is 1. The molecule has 0 aromatic heterocycles. The zero-order chi connectivity index (χ0) is 18.8. The summed E-state index contributed by atoms with van der Waals surface area (Å²) >= 11 is 0. The van der Waals surface area contributed by atoms with E-state index < -0.39 is 18.2 Å². The first-order chi connectivity index (χ1) is 12.6. The monoisotopic (exact) mass is 359 g/mol. The lowest BCUT2D eigenvalue weighted by molar-refractivity contribution is -0.151. The van der Waals surface area contributed by atoms with Gasteiger partial charge < -0.3 is 14.8 Å². The van der Waals surface area contributed by atoms with Crippen molar-refractivity contribution in [3.63, 3.8) is 0 Å². The summed E-state index contributed by atoms with van der Waals surface area (Å²) in [6.45, 7) is 3.49. The van der Waals surface area contributed by atoms with Crippen molar-refractivity contribution in [2.45, 2.75) is 32.2 Å². The quantitative estimate of drug-likeness (QED) is 0.658. The number of carbonyl (C=O) groups excluding carboxylic acids is 1. The first-order valence-electron chi connectivity index (χ1n) is 8.86. The Morgan fingerprint density at radius 3 is 2.08 bits per heavy atom. The summed E-state index contributed by atoms with van der Waals surface area (Å²) in [6.07, 6.45) is -1.96. The van der Waals surface area contributed by atoms with Gasteiger partial charge in [-0.05, 0) is 25.0 Å². The largest absolute Gasteiger partial charge is 0.464 e. The minimum Gasteiger partial charge on any atom is -0.464 e. The van der Waals surface area contributed by atoms with Gasteiger partial charge in [0.25, 0.3) is 0 Å². The first kappa shape index (κ1) is 20.1. The summed E-state index contributed by atoms with van der Waals surface area (Å²) in [4.78, 5) is 11.3. The second-order valence-corrected chi connectivity index (χ2v) is 6.00. The molecule has 2 rings (SSSR count). The first-order valence-corrected chi connectivity index (χ1v) is 8.86. The lowest BCUT2D eigenvalue weighted by Gasteiger charge is -2.23. The van der Waals surface area contributed by atoms with Crippen LogP contribution < -0.4 is 5.32 Å². The maximum absolute atomic E-state index is 14.5. The fourth-order valence-corrected chi connectivity index (χ4v) is 2.62. The third-order valence-electron chi connectivity index (χ3n) is 4.06. The number of benzene rings is 2. The van der Waals surface area contributed by atoms with Crippen molar-refractivity contribution in [2.75, 3.05) is 19.8 Å². The molecule has 4 nitrogen and oxygen atoms in total. The number of ether oxygens (including phenoxy) is 2. The van der Waals surface area contributed by atoms with Gasteiger partial charge in [0.05, 0.1) is 18.8 Å². The second-order valence-electron chi connectivity index (χ2n) is 6.00. The van der Waals surface area contributed by atoms with E-state index in [0.717, 1.165) is 11.1 Å². The molecule has 0 bridgehead atoms. The molecule has 0 radical (unpaired) electrons. The number of rotatable bonds is 10. The van der Waals surface area contributed by atoms with Crippen LogP contribution in [-0.4, -0.2) is 38.0 Å². The van der Waals surface area contributed by atoms with E-state index in [1.807, 2.05) is 60.7 Å². The molecule has 0 fully saturated rings. The Morgan fingerprint density at radius 2 is 1.58 bits per heavy atom. The van der Waals surface area contributed by atoms with Gasteiger partial charge in [-0.3, -0.25) is 0 Å². The van der Waals surface area contributed by atoms with E-state index in [-0.39, 0.29) is 25.8 Å². The van der Waals surface area contributed by atoms with Crippen LogP contribution in [0.1, 0.15) is 31.0 Å². The molecule has 0 aliphatic rings. The Bertz CT molecular complexity index is 611. The third kappa shape index (κ3) is 6.24. The van der Waals surface area contributed by atoms with Crippen LogP contribution in [0.5, 0.6) is 0 Å². The second kappa shape index (κ2) is 10.7. The van der Waals surface area contributed by atoms with Gasteiger partial charge in [0.1, 0.15) is 12.8 Å². The van der Waals surface area contributed by atoms with Gasteiger partial charge in [0.2, 0.25) is 0 Å². The molecule has 0 aliphatic heterocycles. The standard InChI is InChI=1S/C21H26FNO3/c1-3-25-20(24)15-26-16(2)19(22)14-23-21(17-10-6-4-7-11-17)18-12-8-5-9-13-18/h4-13,16,19,21,23H,3,14-15H2,1-2H3. The lowest BCUT2D eigenvalue weighted by Crippen LogP contribution is -2.36. The van der Waals surface area contributed by atoms with E-state index in [2.05, 4.69) is 5.32 Å². The van der Waals surface area contributed by atoms with Crippen LogP contribution in [0.3, 0.4) is 0 Å². The SMILES string of the molecule is CCOC(=O)COC(C)C(F)CNC(c1ccccc1)c1ccccc1. The van der Waals surface area contributed by atoms with Crippen LogP contribution in [0.25, 0.3) is 0 Å². The van der Waals surface area contributed by atoms with Crippen LogP contribution in [0, 0.1) is 0 Å². The third-order valence-corrected chi connectivity index (χ3v) is 4.06. The highest BCUT2D eigenvalue weighted by Crippen LogP contribution is 2.22. The maximum Gasteiger partial charge on any atom is 0.332 e. The molecule has 26 heavy (non-hydrogen) atoms. The molecule has 2 aromatic carbocycles. The number of hydrogen-bond donors (Lipinski definition) is 1. The summed E-state index contributed by atoms with van der Waals surface area (Å²) in [5.41, 5.74) is 2.12. The molecule has 2 unspecified atom stereocenters. The topological polar surface area (TPSA) is 47.6 Å². The van der Waals surface area contributed by atoms with Crippen LogP contribution in [-0.2, 0) is 14.3 Å². The summed E-state index contributed by atoms with van der Waals surface area (Å²) in [7, 11) is 0. The molecule has 1 N–H and O–H groups in total. The molecule has 0 amide bonds. The van der Waals surface area contributed by atoms with Crippen LogP contribution in [0.15, 0.2) is 60.7 Å². The molecule has 140 valence electrons. The summed E-state index contributed by atoms with van der Waals surface area (Å²) < 4.78 is 24.5. The number of esters is 1. The number of alkyl halides is 1. The van der Waals surface area contributed by atoms with Gasteiger partial charge in [-0.15, -0.1) is 0 Å². The average Bonchev–Trinajstić information content (AvgIpc) is 2.68. The van der Waals surface area contributed by atoms with E-state index in [4.69, 9.17) is 9.47 Å². The summed E-state index contributed by atoms with van der Waals surface area (Å²) in [5, 5.41) is 3.27. The Balaban J connectivity index is 1.95. The van der Waals surface area contributed by atoms with Gasteiger partial charge in [-0.1, -0.05) is 60.7 Å². The van der Waals surface area contributed by atoms with Crippen molar-refractivity contribution < 1.29 is 18.7 Å². The van der Waals surface area contributed by atoms with Crippen molar-refractivity contribution in [3.05, 3.63) is 71.8 Å². The minimum atomic E-state index is -1.25. The van der Waals surface area contributed by atoms with Crippen LogP contribution in [0.2, 0.25) is 0 Å². The highest BCUT2D eigenvalue weighted by molar-refractivity contribution is 5.70. The van der Waals surface area contributed by atoms with Crippen molar-refractivity contribution in [1.29, 1.82) is 0 Å². The fourth-order valence-electron chi connectivity index (χ4n) is 2.62. The van der Waals surface area contributed by atoms with Crippen molar-refractivity contribution in [3.8, 4) is 0 Å². The zero-order valence-corrected chi connectivity index (χ0v) is 15.2. The van der Waals surface area contributed by atoms with Crippen molar-refractivity contribution in [2.24, 2.45) is 0 Å². The maximum atomic E-state index is 14.5. The van der Waals surface area contributed by atoms with Gasteiger partial charge in [0, 0.05) is 6.54 Å². The fraction of sp³-hybridized carbons (Fsp3) is 0.381. The van der Waals surface area contributed by atoms with E-state index in [9.17, 15) is 9.18 Å². The van der Waals surface area contributed by atoms with Crippen molar-refractivity contribution in [1.82, 2.24) is 5.32 Å². The smallest absolute Gasteiger partial charge is 0.332 e. The Kier molecular flexibility index (Phi) is 8.25. The zero-order valence-electron chi connectivity index (χ0n) is 15.2. The molecule has 0 aliphatic carbocycles. The Hall–Kier alpha value is -2.24. The van der Waals surface area contributed by atoms with E-state index in [1.54, 1.807) is 13.8 Å². The predicted octanol–water partition coefficient (Wildman–Crippen LogP) is 3.67.